The maximum Gasteiger partial charge on any atom is 0.494 e. The number of benzene rings is 2. The van der Waals surface area contributed by atoms with E-state index in [-0.39, 0.29) is 43.1 Å². The Morgan fingerprint density at radius 3 is 2.46 bits per heavy atom. The fourth-order valence-corrected chi connectivity index (χ4v) is 4.79. The summed E-state index contributed by atoms with van der Waals surface area (Å²) in [5.41, 5.74) is 2.43. The highest BCUT2D eigenvalue weighted by atomic mass is 16.7. The maximum atomic E-state index is 12.8. The summed E-state index contributed by atoms with van der Waals surface area (Å²) in [5, 5.41) is 3.56. The summed E-state index contributed by atoms with van der Waals surface area (Å²) in [6.07, 6.45) is 1.55. The number of hydrogen-bond acceptors (Lipinski definition) is 6. The van der Waals surface area contributed by atoms with Gasteiger partial charge in [0.2, 0.25) is 0 Å². The first-order chi connectivity index (χ1) is 16.7. The van der Waals surface area contributed by atoms with E-state index in [1.807, 2.05) is 30.3 Å². The summed E-state index contributed by atoms with van der Waals surface area (Å²) in [7, 11) is -0.369. The molecule has 184 valence electrons. The molecule has 0 saturated carbocycles. The molecule has 0 bridgehead atoms. The highest BCUT2D eigenvalue weighted by Crippen LogP contribution is 2.36. The number of amides is 1. The van der Waals surface area contributed by atoms with Gasteiger partial charge in [-0.05, 0) is 57.1 Å². The van der Waals surface area contributed by atoms with E-state index in [9.17, 15) is 4.79 Å². The van der Waals surface area contributed by atoms with Gasteiger partial charge in [-0.1, -0.05) is 54.6 Å². The number of rotatable bonds is 5. The number of ether oxygens (including phenoxy) is 1. The Labute approximate surface area is 208 Å². The van der Waals surface area contributed by atoms with Gasteiger partial charge in [0.15, 0.2) is 0 Å². The number of nitrogens with one attached hydrogen (secondary N) is 1. The van der Waals surface area contributed by atoms with Gasteiger partial charge in [-0.2, -0.15) is 0 Å². The van der Waals surface area contributed by atoms with Crippen LogP contribution in [0.1, 0.15) is 57.7 Å². The lowest BCUT2D eigenvalue weighted by atomic mass is 9.78. The minimum absolute atomic E-state index is 0.0627. The normalized spacial score (nSPS) is 24.9. The van der Waals surface area contributed by atoms with Crippen LogP contribution in [0.4, 0.5) is 4.79 Å². The largest absolute Gasteiger partial charge is 0.494 e. The lowest BCUT2D eigenvalue weighted by molar-refractivity contribution is 0.00578. The molecule has 0 aliphatic carbocycles. The number of carbonyl (C=O) groups excluding carboxylic acids is 1. The van der Waals surface area contributed by atoms with Crippen LogP contribution in [-0.2, 0) is 20.7 Å². The average molecular weight is 475 g/mol. The topological polar surface area (TPSA) is 72.4 Å². The molecule has 1 N–H and O–H groups in total. The lowest BCUT2D eigenvalue weighted by Gasteiger charge is -2.32. The second-order valence-corrected chi connectivity index (χ2v) is 10.6. The van der Waals surface area contributed by atoms with Crippen LogP contribution in [0.15, 0.2) is 59.6 Å². The van der Waals surface area contributed by atoms with Crippen molar-refractivity contribution in [3.63, 3.8) is 0 Å². The zero-order chi connectivity index (χ0) is 24.6. The summed E-state index contributed by atoms with van der Waals surface area (Å²) in [5.74, 6) is 0.874. The molecule has 35 heavy (non-hydrogen) atoms. The van der Waals surface area contributed by atoms with Crippen LogP contribution in [0.5, 0.6) is 0 Å². The molecule has 3 aliphatic heterocycles. The zero-order valence-corrected chi connectivity index (χ0v) is 21.0. The molecule has 1 amide bonds. The third-order valence-electron chi connectivity index (χ3n) is 7.64. The number of aliphatic imine (C=N–C) groups is 1. The van der Waals surface area contributed by atoms with Crippen LogP contribution in [0.2, 0.25) is 0 Å². The van der Waals surface area contributed by atoms with Crippen molar-refractivity contribution >= 4 is 24.5 Å². The molecular formula is C27H34BN3O4. The summed E-state index contributed by atoms with van der Waals surface area (Å²) >= 11 is 0. The van der Waals surface area contributed by atoms with Crippen molar-refractivity contribution < 1.29 is 18.8 Å². The minimum Gasteiger partial charge on any atom is -0.445 e. The van der Waals surface area contributed by atoms with Gasteiger partial charge < -0.3 is 19.4 Å². The Balaban J connectivity index is 1.18. The van der Waals surface area contributed by atoms with E-state index in [4.69, 9.17) is 19.0 Å². The Kier molecular flexibility index (Phi) is 6.36. The van der Waals surface area contributed by atoms with Crippen molar-refractivity contribution in [2.45, 2.75) is 70.4 Å². The minimum atomic E-state index is -0.369. The Bertz CT molecular complexity index is 1070. The Morgan fingerprint density at radius 2 is 1.77 bits per heavy atom. The fourth-order valence-electron chi connectivity index (χ4n) is 4.79. The molecular weight excluding hydrogens is 441 g/mol. The van der Waals surface area contributed by atoms with Crippen molar-refractivity contribution in [2.24, 2.45) is 4.99 Å². The quantitative estimate of drug-likeness (QED) is 0.666. The van der Waals surface area contributed by atoms with E-state index < -0.39 is 0 Å². The fraction of sp³-hybridized carbons (Fsp3) is 0.481. The van der Waals surface area contributed by atoms with Gasteiger partial charge in [0.05, 0.1) is 29.8 Å². The zero-order valence-electron chi connectivity index (χ0n) is 21.0. The van der Waals surface area contributed by atoms with Gasteiger partial charge in [0, 0.05) is 6.54 Å². The Hall–Kier alpha value is -2.84. The first-order valence-corrected chi connectivity index (χ1v) is 12.5. The molecule has 1 unspecified atom stereocenters. The van der Waals surface area contributed by atoms with Crippen LogP contribution in [0.25, 0.3) is 0 Å². The van der Waals surface area contributed by atoms with Gasteiger partial charge >= 0.3 is 13.2 Å². The molecule has 2 aromatic carbocycles. The predicted molar refractivity (Wildman–Crippen MR) is 137 cm³/mol. The molecule has 7 nitrogen and oxygen atoms in total. The molecule has 0 aromatic heterocycles. The van der Waals surface area contributed by atoms with Crippen molar-refractivity contribution in [1.29, 1.82) is 0 Å². The molecule has 2 atom stereocenters. The molecule has 2 saturated heterocycles. The number of carbonyl (C=O) groups is 1. The predicted octanol–water partition coefficient (Wildman–Crippen LogP) is 3.83. The summed E-state index contributed by atoms with van der Waals surface area (Å²) < 4.78 is 17.9. The number of amidine groups is 1. The number of nitrogens with zero attached hydrogens (tertiary/aromatic N) is 2. The van der Waals surface area contributed by atoms with Crippen LogP contribution >= 0.6 is 0 Å². The summed E-state index contributed by atoms with van der Waals surface area (Å²) in [6.45, 7) is 9.86. The second-order valence-electron chi connectivity index (χ2n) is 10.6. The van der Waals surface area contributed by atoms with E-state index in [2.05, 4.69) is 57.3 Å². The van der Waals surface area contributed by atoms with Crippen LogP contribution < -0.4 is 10.8 Å². The van der Waals surface area contributed by atoms with Crippen molar-refractivity contribution in [3.8, 4) is 0 Å². The van der Waals surface area contributed by atoms with Gasteiger partial charge in [0.1, 0.15) is 12.4 Å². The molecule has 5 rings (SSSR count). The van der Waals surface area contributed by atoms with E-state index in [1.165, 1.54) is 0 Å². The molecule has 0 spiro atoms. The van der Waals surface area contributed by atoms with Crippen molar-refractivity contribution in [2.75, 3.05) is 13.1 Å². The molecule has 3 heterocycles. The van der Waals surface area contributed by atoms with Gasteiger partial charge in [0.25, 0.3) is 0 Å². The highest BCUT2D eigenvalue weighted by molar-refractivity contribution is 6.62. The third kappa shape index (κ3) is 4.82. The SMILES string of the molecule is CC1(C)OB(c2ccc(C3CN=C([C@H]4CCCN4C(=O)OCc4ccccc4)N3)cc2)OC1(C)C. The van der Waals surface area contributed by atoms with Crippen LogP contribution in [0.3, 0.4) is 0 Å². The van der Waals surface area contributed by atoms with E-state index in [1.54, 1.807) is 4.90 Å². The van der Waals surface area contributed by atoms with E-state index in [0.717, 1.165) is 35.3 Å². The first kappa shape index (κ1) is 23.9. The summed E-state index contributed by atoms with van der Waals surface area (Å²) in [4.78, 5) is 19.4. The standard InChI is InChI=1S/C27H34BN3O4/c1-26(2)27(3,4)35-28(34-26)21-14-12-20(13-15-21)22-17-29-24(30-22)23-11-8-16-31(23)25(32)33-18-19-9-6-5-7-10-19/h5-7,9-10,12-15,22-23H,8,11,16-18H2,1-4H3,(H,29,30)/t22?,23-/m1/s1. The number of likely N-dealkylation sites (tertiary alicyclic amines) is 1. The van der Waals surface area contributed by atoms with Crippen molar-refractivity contribution in [1.82, 2.24) is 10.2 Å². The lowest BCUT2D eigenvalue weighted by Crippen LogP contribution is -2.45. The Morgan fingerprint density at radius 1 is 1.09 bits per heavy atom. The molecule has 8 heteroatoms. The molecule has 2 aromatic rings. The molecule has 2 fully saturated rings. The van der Waals surface area contributed by atoms with Crippen molar-refractivity contribution in [3.05, 3.63) is 65.7 Å². The summed E-state index contributed by atoms with van der Waals surface area (Å²) in [6, 6.07) is 18.1. The first-order valence-electron chi connectivity index (χ1n) is 12.5. The third-order valence-corrected chi connectivity index (χ3v) is 7.64. The average Bonchev–Trinajstić information content (AvgIpc) is 3.56. The van der Waals surface area contributed by atoms with Gasteiger partial charge in [-0.25, -0.2) is 4.79 Å². The van der Waals surface area contributed by atoms with Crippen LogP contribution in [0, 0.1) is 0 Å². The molecule has 0 radical (unpaired) electrons. The second kappa shape index (κ2) is 9.32. The number of hydrogen-bond donors (Lipinski definition) is 1. The maximum absolute atomic E-state index is 12.8. The van der Waals surface area contributed by atoms with Gasteiger partial charge in [-0.3, -0.25) is 9.89 Å². The molecule has 3 aliphatic rings. The van der Waals surface area contributed by atoms with E-state index in [0.29, 0.717) is 13.1 Å². The monoisotopic (exact) mass is 475 g/mol. The highest BCUT2D eigenvalue weighted by Gasteiger charge is 2.51. The van der Waals surface area contributed by atoms with E-state index >= 15 is 0 Å². The van der Waals surface area contributed by atoms with Gasteiger partial charge in [-0.15, -0.1) is 0 Å². The smallest absolute Gasteiger partial charge is 0.445 e. The van der Waals surface area contributed by atoms with Crippen LogP contribution in [-0.4, -0.2) is 54.3 Å².